The van der Waals surface area contributed by atoms with Crippen molar-refractivity contribution in [3.8, 4) is 0 Å². The van der Waals surface area contributed by atoms with Crippen LogP contribution < -0.4 is 5.32 Å². The molecule has 3 atom stereocenters. The van der Waals surface area contributed by atoms with Crippen molar-refractivity contribution in [2.75, 3.05) is 13.2 Å². The van der Waals surface area contributed by atoms with Crippen molar-refractivity contribution in [1.29, 1.82) is 0 Å². The molecule has 0 saturated heterocycles. The van der Waals surface area contributed by atoms with Gasteiger partial charge in [-0.3, -0.25) is 0 Å². The smallest absolute Gasteiger partial charge is 0.0702 e. The normalized spacial score (nSPS) is 17.8. The van der Waals surface area contributed by atoms with E-state index in [0.29, 0.717) is 18.1 Å². The molecule has 86 valence electrons. The molecule has 2 heteroatoms. The third-order valence-electron chi connectivity index (χ3n) is 2.73. The van der Waals surface area contributed by atoms with Crippen LogP contribution in [0.5, 0.6) is 0 Å². The minimum absolute atomic E-state index is 0.321. The van der Waals surface area contributed by atoms with Crippen LogP contribution >= 0.6 is 0 Å². The standard InChI is InChI=1S/C12H27NO/c1-6-9-10(4)12(13-7-2)11(5)14-8-3/h10-13H,6-9H2,1-5H3. The molecule has 0 aromatic rings. The van der Waals surface area contributed by atoms with E-state index in [1.54, 1.807) is 0 Å². The Hall–Kier alpha value is -0.0800. The van der Waals surface area contributed by atoms with Gasteiger partial charge in [0.1, 0.15) is 0 Å². The van der Waals surface area contributed by atoms with Crippen molar-refractivity contribution in [3.63, 3.8) is 0 Å². The van der Waals surface area contributed by atoms with E-state index in [9.17, 15) is 0 Å². The van der Waals surface area contributed by atoms with E-state index in [4.69, 9.17) is 4.74 Å². The molecule has 0 aromatic carbocycles. The number of ether oxygens (including phenoxy) is 1. The highest BCUT2D eigenvalue weighted by Crippen LogP contribution is 2.15. The van der Waals surface area contributed by atoms with Crippen LogP contribution in [0.2, 0.25) is 0 Å². The molecule has 0 amide bonds. The van der Waals surface area contributed by atoms with Crippen LogP contribution in [-0.4, -0.2) is 25.3 Å². The Morgan fingerprint density at radius 2 is 1.79 bits per heavy atom. The highest BCUT2D eigenvalue weighted by atomic mass is 16.5. The van der Waals surface area contributed by atoms with Gasteiger partial charge in [0, 0.05) is 12.6 Å². The van der Waals surface area contributed by atoms with E-state index in [1.807, 2.05) is 0 Å². The van der Waals surface area contributed by atoms with Gasteiger partial charge in [0.05, 0.1) is 6.10 Å². The second kappa shape index (κ2) is 8.25. The van der Waals surface area contributed by atoms with Gasteiger partial charge in [0.25, 0.3) is 0 Å². The van der Waals surface area contributed by atoms with Crippen LogP contribution in [0.15, 0.2) is 0 Å². The summed E-state index contributed by atoms with van der Waals surface area (Å²) in [5, 5.41) is 3.53. The largest absolute Gasteiger partial charge is 0.377 e. The van der Waals surface area contributed by atoms with E-state index in [1.165, 1.54) is 12.8 Å². The zero-order valence-corrected chi connectivity index (χ0v) is 10.5. The van der Waals surface area contributed by atoms with Gasteiger partial charge in [-0.2, -0.15) is 0 Å². The van der Waals surface area contributed by atoms with Crippen molar-refractivity contribution in [2.24, 2.45) is 5.92 Å². The first kappa shape index (κ1) is 13.9. The van der Waals surface area contributed by atoms with Crippen molar-refractivity contribution < 1.29 is 4.74 Å². The Balaban J connectivity index is 4.10. The summed E-state index contributed by atoms with van der Waals surface area (Å²) in [6, 6.07) is 0.500. The summed E-state index contributed by atoms with van der Waals surface area (Å²) in [6.45, 7) is 12.8. The molecule has 2 nitrogen and oxygen atoms in total. The molecule has 0 bridgehead atoms. The maximum Gasteiger partial charge on any atom is 0.0702 e. The number of hydrogen-bond donors (Lipinski definition) is 1. The quantitative estimate of drug-likeness (QED) is 0.652. The molecule has 1 N–H and O–H groups in total. The molecule has 0 fully saturated rings. The lowest BCUT2D eigenvalue weighted by atomic mass is 9.93. The topological polar surface area (TPSA) is 21.3 Å². The molecular formula is C12H27NO. The first-order valence-corrected chi connectivity index (χ1v) is 6.02. The molecule has 0 aliphatic carbocycles. The number of likely N-dealkylation sites (N-methyl/N-ethyl adjacent to an activating group) is 1. The SMILES string of the molecule is CCCC(C)C(NCC)C(C)OCC. The van der Waals surface area contributed by atoms with Crippen LogP contribution in [-0.2, 0) is 4.74 Å². The van der Waals surface area contributed by atoms with Crippen LogP contribution in [0.1, 0.15) is 47.5 Å². The zero-order chi connectivity index (χ0) is 11.0. The van der Waals surface area contributed by atoms with Crippen LogP contribution in [0.4, 0.5) is 0 Å². The summed E-state index contributed by atoms with van der Waals surface area (Å²) in [6.07, 6.45) is 2.85. The lowest BCUT2D eigenvalue weighted by Crippen LogP contribution is -2.44. The fourth-order valence-corrected chi connectivity index (χ4v) is 2.07. The molecule has 0 saturated carbocycles. The zero-order valence-electron chi connectivity index (χ0n) is 10.5. The second-order valence-electron chi connectivity index (χ2n) is 4.01. The summed E-state index contributed by atoms with van der Waals surface area (Å²) in [4.78, 5) is 0. The predicted octanol–water partition coefficient (Wildman–Crippen LogP) is 2.83. The molecular weight excluding hydrogens is 174 g/mol. The van der Waals surface area contributed by atoms with Crippen LogP contribution in [0.3, 0.4) is 0 Å². The van der Waals surface area contributed by atoms with Gasteiger partial charge in [0.15, 0.2) is 0 Å². The first-order chi connectivity index (χ1) is 6.67. The minimum Gasteiger partial charge on any atom is -0.377 e. The summed E-state index contributed by atoms with van der Waals surface area (Å²) in [5.41, 5.74) is 0. The first-order valence-electron chi connectivity index (χ1n) is 6.02. The minimum atomic E-state index is 0.321. The molecule has 3 unspecified atom stereocenters. The average Bonchev–Trinajstić information content (AvgIpc) is 2.14. The number of rotatable bonds is 8. The maximum absolute atomic E-state index is 5.66. The van der Waals surface area contributed by atoms with E-state index < -0.39 is 0 Å². The van der Waals surface area contributed by atoms with Gasteiger partial charge in [-0.25, -0.2) is 0 Å². The number of hydrogen-bond acceptors (Lipinski definition) is 2. The lowest BCUT2D eigenvalue weighted by molar-refractivity contribution is 0.0315. The Bertz CT molecular complexity index is 115. The van der Waals surface area contributed by atoms with Gasteiger partial charge < -0.3 is 10.1 Å². The summed E-state index contributed by atoms with van der Waals surface area (Å²) in [5.74, 6) is 0.696. The average molecular weight is 201 g/mol. The van der Waals surface area contributed by atoms with E-state index in [2.05, 4.69) is 39.9 Å². The van der Waals surface area contributed by atoms with Gasteiger partial charge in [0.2, 0.25) is 0 Å². The van der Waals surface area contributed by atoms with Gasteiger partial charge in [-0.1, -0.05) is 27.2 Å². The monoisotopic (exact) mass is 201 g/mol. The van der Waals surface area contributed by atoms with Crippen LogP contribution in [0.25, 0.3) is 0 Å². The highest BCUT2D eigenvalue weighted by molar-refractivity contribution is 4.78. The molecule has 0 aliphatic heterocycles. The lowest BCUT2D eigenvalue weighted by Gasteiger charge is -2.30. The maximum atomic E-state index is 5.66. The Labute approximate surface area is 89.4 Å². The molecule has 14 heavy (non-hydrogen) atoms. The van der Waals surface area contributed by atoms with E-state index >= 15 is 0 Å². The number of nitrogens with one attached hydrogen (secondary N) is 1. The van der Waals surface area contributed by atoms with Gasteiger partial charge >= 0.3 is 0 Å². The Kier molecular flexibility index (Phi) is 8.20. The molecule has 0 aromatic heterocycles. The third-order valence-corrected chi connectivity index (χ3v) is 2.73. The van der Waals surface area contributed by atoms with Crippen LogP contribution in [0, 0.1) is 5.92 Å². The van der Waals surface area contributed by atoms with Crippen molar-refractivity contribution in [3.05, 3.63) is 0 Å². The molecule has 0 radical (unpaired) electrons. The molecule has 0 aliphatic rings. The van der Waals surface area contributed by atoms with Gasteiger partial charge in [-0.05, 0) is 32.7 Å². The third kappa shape index (κ3) is 4.97. The molecule has 0 heterocycles. The van der Waals surface area contributed by atoms with Crippen molar-refractivity contribution >= 4 is 0 Å². The van der Waals surface area contributed by atoms with E-state index in [-0.39, 0.29) is 0 Å². The summed E-state index contributed by atoms with van der Waals surface area (Å²) >= 11 is 0. The van der Waals surface area contributed by atoms with Gasteiger partial charge in [-0.15, -0.1) is 0 Å². The van der Waals surface area contributed by atoms with E-state index in [0.717, 1.165) is 13.2 Å². The summed E-state index contributed by atoms with van der Waals surface area (Å²) < 4.78 is 5.66. The Morgan fingerprint density at radius 3 is 2.21 bits per heavy atom. The fourth-order valence-electron chi connectivity index (χ4n) is 2.07. The molecule has 0 rings (SSSR count). The summed E-state index contributed by atoms with van der Waals surface area (Å²) in [7, 11) is 0. The Morgan fingerprint density at radius 1 is 1.14 bits per heavy atom. The van der Waals surface area contributed by atoms with Crippen molar-refractivity contribution in [1.82, 2.24) is 5.32 Å². The molecule has 0 spiro atoms. The van der Waals surface area contributed by atoms with Crippen molar-refractivity contribution in [2.45, 2.75) is 59.6 Å². The fraction of sp³-hybridized carbons (Fsp3) is 1.00. The predicted molar refractivity (Wildman–Crippen MR) is 62.6 cm³/mol. The second-order valence-corrected chi connectivity index (χ2v) is 4.01. The highest BCUT2D eigenvalue weighted by Gasteiger charge is 2.22.